The summed E-state index contributed by atoms with van der Waals surface area (Å²) in [5, 5.41) is 0. The van der Waals surface area contributed by atoms with Gasteiger partial charge in [0.15, 0.2) is 0 Å². The molecule has 1 aromatic carbocycles. The molecule has 0 aliphatic carbocycles. The standard InChI is InChI=1S/C12H16N2/c1-2-4-11(5-3-1)12-10-13-6-8-14(12)9-7-13/h1-5,12H,6-10H2/t12-/m0/s1. The van der Waals surface area contributed by atoms with Gasteiger partial charge in [-0.05, 0) is 5.56 Å². The summed E-state index contributed by atoms with van der Waals surface area (Å²) in [6, 6.07) is 11.6. The van der Waals surface area contributed by atoms with Crippen molar-refractivity contribution in [3.05, 3.63) is 35.9 Å². The zero-order chi connectivity index (χ0) is 9.38. The van der Waals surface area contributed by atoms with Gasteiger partial charge in [0.05, 0.1) is 0 Å². The van der Waals surface area contributed by atoms with E-state index in [-0.39, 0.29) is 0 Å². The predicted molar refractivity (Wildman–Crippen MR) is 57.2 cm³/mol. The highest BCUT2D eigenvalue weighted by atomic mass is 15.3. The Morgan fingerprint density at radius 1 is 0.929 bits per heavy atom. The van der Waals surface area contributed by atoms with Gasteiger partial charge in [0, 0.05) is 38.8 Å². The fourth-order valence-corrected chi connectivity index (χ4v) is 2.61. The van der Waals surface area contributed by atoms with Crippen LogP contribution in [0.3, 0.4) is 0 Å². The lowest BCUT2D eigenvalue weighted by Crippen LogP contribution is -2.56. The largest absolute Gasteiger partial charge is 0.299 e. The lowest BCUT2D eigenvalue weighted by molar-refractivity contribution is 0.0123. The van der Waals surface area contributed by atoms with Gasteiger partial charge in [-0.2, -0.15) is 0 Å². The average molecular weight is 188 g/mol. The van der Waals surface area contributed by atoms with Crippen LogP contribution in [-0.4, -0.2) is 42.5 Å². The quantitative estimate of drug-likeness (QED) is 0.656. The molecule has 0 amide bonds. The third kappa shape index (κ3) is 1.35. The summed E-state index contributed by atoms with van der Waals surface area (Å²) in [6.45, 7) is 6.26. The van der Waals surface area contributed by atoms with Crippen LogP contribution in [0.15, 0.2) is 30.3 Å². The van der Waals surface area contributed by atoms with Crippen molar-refractivity contribution in [2.24, 2.45) is 0 Å². The Balaban J connectivity index is 1.86. The molecule has 3 saturated heterocycles. The number of hydrogen-bond acceptors (Lipinski definition) is 2. The van der Waals surface area contributed by atoms with Crippen molar-refractivity contribution in [2.45, 2.75) is 6.04 Å². The summed E-state index contributed by atoms with van der Waals surface area (Å²) in [4.78, 5) is 5.20. The molecule has 3 aliphatic heterocycles. The summed E-state index contributed by atoms with van der Waals surface area (Å²) >= 11 is 0. The second kappa shape index (κ2) is 3.37. The van der Waals surface area contributed by atoms with Crippen molar-refractivity contribution in [2.75, 3.05) is 32.7 Å². The zero-order valence-corrected chi connectivity index (χ0v) is 8.39. The molecule has 14 heavy (non-hydrogen) atoms. The Morgan fingerprint density at radius 3 is 2.21 bits per heavy atom. The third-order valence-corrected chi connectivity index (χ3v) is 3.46. The number of nitrogens with zero attached hydrogens (tertiary/aromatic N) is 2. The van der Waals surface area contributed by atoms with E-state index in [1.54, 1.807) is 0 Å². The first kappa shape index (κ1) is 8.45. The van der Waals surface area contributed by atoms with Gasteiger partial charge in [0.25, 0.3) is 0 Å². The van der Waals surface area contributed by atoms with Gasteiger partial charge >= 0.3 is 0 Å². The molecule has 0 N–H and O–H groups in total. The Hall–Kier alpha value is -0.860. The van der Waals surface area contributed by atoms with Crippen molar-refractivity contribution >= 4 is 0 Å². The van der Waals surface area contributed by atoms with Crippen molar-refractivity contribution in [1.82, 2.24) is 9.80 Å². The maximum absolute atomic E-state index is 2.62. The van der Waals surface area contributed by atoms with Crippen LogP contribution in [0.1, 0.15) is 11.6 Å². The molecule has 0 aromatic heterocycles. The van der Waals surface area contributed by atoms with Crippen LogP contribution < -0.4 is 0 Å². The minimum Gasteiger partial charge on any atom is -0.299 e. The highest BCUT2D eigenvalue weighted by molar-refractivity contribution is 5.20. The highest BCUT2D eigenvalue weighted by Crippen LogP contribution is 2.28. The molecule has 2 nitrogen and oxygen atoms in total. The van der Waals surface area contributed by atoms with Gasteiger partial charge < -0.3 is 0 Å². The molecule has 0 unspecified atom stereocenters. The van der Waals surface area contributed by atoms with Gasteiger partial charge in [-0.1, -0.05) is 30.3 Å². The molecule has 74 valence electrons. The lowest BCUT2D eigenvalue weighted by Gasteiger charge is -2.47. The second-order valence-corrected chi connectivity index (χ2v) is 4.26. The van der Waals surface area contributed by atoms with Gasteiger partial charge in [-0.3, -0.25) is 9.80 Å². The maximum Gasteiger partial charge on any atom is 0.0476 e. The summed E-state index contributed by atoms with van der Waals surface area (Å²) in [5.41, 5.74) is 1.48. The number of piperazine rings is 3. The maximum atomic E-state index is 2.62. The van der Waals surface area contributed by atoms with Crippen LogP contribution in [-0.2, 0) is 0 Å². The Bertz CT molecular complexity index is 301. The van der Waals surface area contributed by atoms with Crippen molar-refractivity contribution in [3.8, 4) is 0 Å². The van der Waals surface area contributed by atoms with E-state index in [1.165, 1.54) is 38.3 Å². The topological polar surface area (TPSA) is 6.48 Å². The lowest BCUT2D eigenvalue weighted by atomic mass is 10.00. The molecule has 4 rings (SSSR count). The molecule has 1 atom stereocenters. The smallest absolute Gasteiger partial charge is 0.0476 e. The van der Waals surface area contributed by atoms with Crippen LogP contribution in [0.5, 0.6) is 0 Å². The SMILES string of the molecule is c1ccc([C@@H]2CN3CCN2CC3)cc1. The Labute approximate surface area is 85.1 Å². The number of benzene rings is 1. The van der Waals surface area contributed by atoms with E-state index in [2.05, 4.69) is 40.1 Å². The van der Waals surface area contributed by atoms with Crippen molar-refractivity contribution < 1.29 is 0 Å². The van der Waals surface area contributed by atoms with E-state index in [0.717, 1.165) is 0 Å². The second-order valence-electron chi connectivity index (χ2n) is 4.26. The molecule has 2 heteroatoms. The molecule has 3 heterocycles. The molecular formula is C12H16N2. The van der Waals surface area contributed by atoms with E-state index in [4.69, 9.17) is 0 Å². The van der Waals surface area contributed by atoms with Crippen LogP contribution in [0.4, 0.5) is 0 Å². The number of fused-ring (bicyclic) bond motifs is 3. The van der Waals surface area contributed by atoms with E-state index < -0.39 is 0 Å². The minimum absolute atomic E-state index is 0.652. The van der Waals surface area contributed by atoms with Gasteiger partial charge in [0.1, 0.15) is 0 Å². The molecular weight excluding hydrogens is 172 g/mol. The van der Waals surface area contributed by atoms with E-state index in [9.17, 15) is 0 Å². The fourth-order valence-electron chi connectivity index (χ4n) is 2.61. The fraction of sp³-hybridized carbons (Fsp3) is 0.500. The molecule has 1 aromatic rings. The summed E-state index contributed by atoms with van der Waals surface area (Å²) in [5.74, 6) is 0. The highest BCUT2D eigenvalue weighted by Gasteiger charge is 2.32. The molecule has 3 aliphatic rings. The number of hydrogen-bond donors (Lipinski definition) is 0. The predicted octanol–water partition coefficient (Wildman–Crippen LogP) is 1.36. The monoisotopic (exact) mass is 188 g/mol. The van der Waals surface area contributed by atoms with Crippen LogP contribution in [0.25, 0.3) is 0 Å². The average Bonchev–Trinajstić information content (AvgIpc) is 2.32. The van der Waals surface area contributed by atoms with Gasteiger partial charge in [0.2, 0.25) is 0 Å². The minimum atomic E-state index is 0.652. The first-order valence-corrected chi connectivity index (χ1v) is 5.45. The summed E-state index contributed by atoms with van der Waals surface area (Å²) < 4.78 is 0. The van der Waals surface area contributed by atoms with Gasteiger partial charge in [-0.15, -0.1) is 0 Å². The van der Waals surface area contributed by atoms with Crippen molar-refractivity contribution in [3.63, 3.8) is 0 Å². The molecule has 0 spiro atoms. The van der Waals surface area contributed by atoms with Crippen LogP contribution in [0, 0.1) is 0 Å². The van der Waals surface area contributed by atoms with E-state index in [1.807, 2.05) is 0 Å². The first-order valence-electron chi connectivity index (χ1n) is 5.45. The molecule has 2 bridgehead atoms. The first-order chi connectivity index (χ1) is 6.93. The Morgan fingerprint density at radius 2 is 1.64 bits per heavy atom. The zero-order valence-electron chi connectivity index (χ0n) is 8.39. The van der Waals surface area contributed by atoms with E-state index >= 15 is 0 Å². The van der Waals surface area contributed by atoms with Crippen LogP contribution in [0.2, 0.25) is 0 Å². The summed E-state index contributed by atoms with van der Waals surface area (Å²) in [6.07, 6.45) is 0. The molecule has 3 fully saturated rings. The van der Waals surface area contributed by atoms with Gasteiger partial charge in [-0.25, -0.2) is 0 Å². The van der Waals surface area contributed by atoms with Crippen LogP contribution >= 0.6 is 0 Å². The summed E-state index contributed by atoms with van der Waals surface area (Å²) in [7, 11) is 0. The normalized spacial score (nSPS) is 35.9. The Kier molecular flexibility index (Phi) is 2.03. The van der Waals surface area contributed by atoms with E-state index in [0.29, 0.717) is 6.04 Å². The third-order valence-electron chi connectivity index (χ3n) is 3.46. The molecule has 0 radical (unpaired) electrons. The molecule has 0 saturated carbocycles. The van der Waals surface area contributed by atoms with Crippen molar-refractivity contribution in [1.29, 1.82) is 0 Å². The number of rotatable bonds is 1.